The fourth-order valence-corrected chi connectivity index (χ4v) is 6.57. The third-order valence-corrected chi connectivity index (χ3v) is 8.15. The van der Waals surface area contributed by atoms with Crippen LogP contribution in [0.1, 0.15) is 39.0 Å². The maximum Gasteiger partial charge on any atom is 0.294 e. The molecule has 126 valence electrons. The number of hydrogen-bond acceptors (Lipinski definition) is 5. The lowest BCUT2D eigenvalue weighted by Gasteiger charge is -2.30. The smallest absolute Gasteiger partial charge is 0.287 e. The molecule has 2 aliphatic rings. The standard InChI is InChI=1S/C14H17ClN2O3S3/c1-9-13(18)17(10-5-3-2-4-6-10)14(21-9)16-23(19,20)12-8-7-11(15)22-12/h7-10H,2-6H2,1H3/b16-14-. The number of hydrogen-bond donors (Lipinski definition) is 0. The van der Waals surface area contributed by atoms with Gasteiger partial charge in [0.25, 0.3) is 10.0 Å². The summed E-state index contributed by atoms with van der Waals surface area (Å²) in [6.07, 6.45) is 5.10. The molecule has 3 rings (SSSR count). The maximum absolute atomic E-state index is 12.5. The summed E-state index contributed by atoms with van der Waals surface area (Å²) in [4.78, 5) is 14.1. The van der Waals surface area contributed by atoms with Gasteiger partial charge in [-0.25, -0.2) is 0 Å². The fraction of sp³-hybridized carbons (Fsp3) is 0.571. The van der Waals surface area contributed by atoms with Crippen molar-refractivity contribution in [1.82, 2.24) is 4.90 Å². The molecule has 9 heteroatoms. The first-order chi connectivity index (χ1) is 10.9. The predicted molar refractivity (Wildman–Crippen MR) is 94.7 cm³/mol. The van der Waals surface area contributed by atoms with Crippen molar-refractivity contribution in [3.63, 3.8) is 0 Å². The van der Waals surface area contributed by atoms with E-state index in [1.807, 2.05) is 0 Å². The van der Waals surface area contributed by atoms with Crippen LogP contribution in [-0.4, -0.2) is 35.7 Å². The van der Waals surface area contributed by atoms with Crippen molar-refractivity contribution in [2.24, 2.45) is 4.40 Å². The molecule has 0 aromatic carbocycles. The zero-order valence-electron chi connectivity index (χ0n) is 12.6. The van der Waals surface area contributed by atoms with Gasteiger partial charge in [-0.3, -0.25) is 9.69 Å². The number of thiophene rings is 1. The molecule has 1 amide bonds. The summed E-state index contributed by atoms with van der Waals surface area (Å²) >= 11 is 8.01. The van der Waals surface area contributed by atoms with Crippen molar-refractivity contribution in [3.05, 3.63) is 16.5 Å². The topological polar surface area (TPSA) is 66.8 Å². The first-order valence-corrected chi connectivity index (χ1v) is 11.0. The van der Waals surface area contributed by atoms with Crippen LogP contribution >= 0.6 is 34.7 Å². The van der Waals surface area contributed by atoms with Crippen molar-refractivity contribution in [2.75, 3.05) is 0 Å². The summed E-state index contributed by atoms with van der Waals surface area (Å²) in [5, 5.41) is 0.0109. The number of halogens is 1. The molecule has 5 nitrogen and oxygen atoms in total. The summed E-state index contributed by atoms with van der Waals surface area (Å²) in [7, 11) is -3.83. The van der Waals surface area contributed by atoms with Crippen molar-refractivity contribution in [2.45, 2.75) is 54.5 Å². The number of carbonyl (C=O) groups is 1. The van der Waals surface area contributed by atoms with Crippen LogP contribution in [0.2, 0.25) is 4.34 Å². The fourth-order valence-electron chi connectivity index (χ4n) is 2.88. The molecule has 2 heterocycles. The minimum absolute atomic E-state index is 0.0416. The van der Waals surface area contributed by atoms with Crippen LogP contribution in [0.15, 0.2) is 20.7 Å². The van der Waals surface area contributed by atoms with Crippen molar-refractivity contribution in [1.29, 1.82) is 0 Å². The van der Waals surface area contributed by atoms with Crippen LogP contribution < -0.4 is 0 Å². The Morgan fingerprint density at radius 3 is 2.57 bits per heavy atom. The number of nitrogens with zero attached hydrogens (tertiary/aromatic N) is 2. The number of amides is 1. The lowest BCUT2D eigenvalue weighted by molar-refractivity contribution is -0.127. The van der Waals surface area contributed by atoms with E-state index < -0.39 is 10.0 Å². The highest BCUT2D eigenvalue weighted by molar-refractivity contribution is 8.16. The minimum atomic E-state index is -3.83. The van der Waals surface area contributed by atoms with Crippen LogP contribution in [0.3, 0.4) is 0 Å². The molecule has 1 atom stereocenters. The molecule has 0 spiro atoms. The van der Waals surface area contributed by atoms with E-state index in [9.17, 15) is 13.2 Å². The first-order valence-electron chi connectivity index (χ1n) is 7.48. The summed E-state index contributed by atoms with van der Waals surface area (Å²) in [6, 6.07) is 3.05. The SMILES string of the molecule is CC1S/C(=N\S(=O)(=O)c2ccc(Cl)s2)N(C2CCCCC2)C1=O. The van der Waals surface area contributed by atoms with Gasteiger partial charge in [-0.05, 0) is 31.9 Å². The summed E-state index contributed by atoms with van der Waals surface area (Å²) < 4.78 is 29.4. The van der Waals surface area contributed by atoms with E-state index in [4.69, 9.17) is 11.6 Å². The monoisotopic (exact) mass is 392 g/mol. The third kappa shape index (κ3) is 3.60. The summed E-state index contributed by atoms with van der Waals surface area (Å²) in [5.74, 6) is -0.0416. The van der Waals surface area contributed by atoms with Crippen LogP contribution in [0.5, 0.6) is 0 Å². The van der Waals surface area contributed by atoms with Gasteiger partial charge in [0.2, 0.25) is 5.91 Å². The van der Waals surface area contributed by atoms with E-state index in [0.29, 0.717) is 9.50 Å². The zero-order valence-corrected chi connectivity index (χ0v) is 15.8. The second kappa shape index (κ2) is 6.74. The van der Waals surface area contributed by atoms with Gasteiger partial charge in [-0.1, -0.05) is 42.6 Å². The van der Waals surface area contributed by atoms with E-state index in [2.05, 4.69) is 4.40 Å². The van der Waals surface area contributed by atoms with Gasteiger partial charge < -0.3 is 0 Å². The molecule has 0 bridgehead atoms. The molecular formula is C14H17ClN2O3S3. The number of sulfonamides is 1. The number of thioether (sulfide) groups is 1. The molecule has 0 N–H and O–H groups in total. The molecule has 1 aromatic heterocycles. The molecule has 1 aliphatic heterocycles. The van der Waals surface area contributed by atoms with E-state index in [-0.39, 0.29) is 21.4 Å². The molecule has 1 saturated carbocycles. The molecule has 1 aliphatic carbocycles. The largest absolute Gasteiger partial charge is 0.294 e. The van der Waals surface area contributed by atoms with E-state index in [1.165, 1.54) is 30.3 Å². The molecule has 23 heavy (non-hydrogen) atoms. The van der Waals surface area contributed by atoms with Gasteiger partial charge in [0, 0.05) is 6.04 Å². The highest BCUT2D eigenvalue weighted by Gasteiger charge is 2.40. The Labute approximate surface area is 149 Å². The van der Waals surface area contributed by atoms with Gasteiger partial charge in [0.15, 0.2) is 5.17 Å². The van der Waals surface area contributed by atoms with Crippen LogP contribution in [0.4, 0.5) is 0 Å². The number of amidine groups is 1. The predicted octanol–water partition coefficient (Wildman–Crippen LogP) is 3.74. The average molecular weight is 393 g/mol. The van der Waals surface area contributed by atoms with Crippen LogP contribution in [0.25, 0.3) is 0 Å². The molecule has 1 saturated heterocycles. The number of carbonyl (C=O) groups excluding carboxylic acids is 1. The van der Waals surface area contributed by atoms with Gasteiger partial charge in [0.05, 0.1) is 9.59 Å². The molecular weight excluding hydrogens is 376 g/mol. The maximum atomic E-state index is 12.5. The Kier molecular flexibility index (Phi) is 5.06. The average Bonchev–Trinajstić information content (AvgIpc) is 3.05. The normalized spacial score (nSPS) is 25.5. The highest BCUT2D eigenvalue weighted by Crippen LogP contribution is 2.35. The number of rotatable bonds is 3. The molecule has 2 fully saturated rings. The Bertz CT molecular complexity index is 738. The second-order valence-electron chi connectivity index (χ2n) is 5.67. The van der Waals surface area contributed by atoms with Gasteiger partial charge >= 0.3 is 0 Å². The Balaban J connectivity index is 1.93. The van der Waals surface area contributed by atoms with Crippen molar-refractivity contribution >= 4 is 55.8 Å². The van der Waals surface area contributed by atoms with Gasteiger partial charge in [-0.2, -0.15) is 8.42 Å². The lowest BCUT2D eigenvalue weighted by atomic mass is 9.94. The minimum Gasteiger partial charge on any atom is -0.287 e. The van der Waals surface area contributed by atoms with Crippen LogP contribution in [-0.2, 0) is 14.8 Å². The second-order valence-corrected chi connectivity index (χ2v) is 10.5. The first kappa shape index (κ1) is 17.3. The van der Waals surface area contributed by atoms with E-state index in [0.717, 1.165) is 37.0 Å². The summed E-state index contributed by atoms with van der Waals surface area (Å²) in [6.45, 7) is 1.79. The lowest BCUT2D eigenvalue weighted by Crippen LogP contribution is -2.42. The molecule has 1 aromatic rings. The van der Waals surface area contributed by atoms with E-state index >= 15 is 0 Å². The van der Waals surface area contributed by atoms with Crippen molar-refractivity contribution < 1.29 is 13.2 Å². The molecule has 1 unspecified atom stereocenters. The van der Waals surface area contributed by atoms with Gasteiger partial charge in [0.1, 0.15) is 4.21 Å². The zero-order chi connectivity index (χ0) is 16.6. The van der Waals surface area contributed by atoms with Gasteiger partial charge in [-0.15, -0.1) is 15.7 Å². The summed E-state index contributed by atoms with van der Waals surface area (Å²) in [5.41, 5.74) is 0. The van der Waals surface area contributed by atoms with E-state index in [1.54, 1.807) is 11.8 Å². The Morgan fingerprint density at radius 2 is 1.96 bits per heavy atom. The van der Waals surface area contributed by atoms with Crippen LogP contribution in [0, 0.1) is 0 Å². The van der Waals surface area contributed by atoms with Crippen molar-refractivity contribution in [3.8, 4) is 0 Å². The Hall–Kier alpha value is -0.570. The molecule has 0 radical (unpaired) electrons. The highest BCUT2D eigenvalue weighted by atomic mass is 35.5. The Morgan fingerprint density at radius 1 is 1.26 bits per heavy atom. The quantitative estimate of drug-likeness (QED) is 0.785. The third-order valence-electron chi connectivity index (χ3n) is 4.01.